The number of likely N-dealkylation sites (N-methyl/N-ethyl adjacent to an activating group) is 1. The summed E-state index contributed by atoms with van der Waals surface area (Å²) in [5, 5.41) is 2.89. The summed E-state index contributed by atoms with van der Waals surface area (Å²) in [7, 11) is 0. The lowest BCUT2D eigenvalue weighted by Crippen LogP contribution is -2.46. The number of carbonyl (C=O) groups excluding carboxylic acids is 1. The van der Waals surface area contributed by atoms with Crippen molar-refractivity contribution in [3.63, 3.8) is 0 Å². The first kappa shape index (κ1) is 14.8. The Labute approximate surface area is 120 Å². The molecular weight excluding hydrogens is 252 g/mol. The number of rotatable bonds is 5. The van der Waals surface area contributed by atoms with Crippen molar-refractivity contribution in [2.24, 2.45) is 0 Å². The molecule has 1 aliphatic rings. The number of hydrogen-bond acceptors (Lipinski definition) is 4. The molecule has 0 spiro atoms. The van der Waals surface area contributed by atoms with Crippen LogP contribution in [0, 0.1) is 0 Å². The second-order valence-electron chi connectivity index (χ2n) is 5.20. The number of anilines is 2. The summed E-state index contributed by atoms with van der Waals surface area (Å²) in [6.07, 6.45) is 0.529. The van der Waals surface area contributed by atoms with Crippen molar-refractivity contribution in [1.82, 2.24) is 9.80 Å². The van der Waals surface area contributed by atoms with Gasteiger partial charge < -0.3 is 20.9 Å². The van der Waals surface area contributed by atoms with Gasteiger partial charge in [-0.1, -0.05) is 13.0 Å². The van der Waals surface area contributed by atoms with Gasteiger partial charge in [0.25, 0.3) is 0 Å². The summed E-state index contributed by atoms with van der Waals surface area (Å²) in [6, 6.07) is 7.28. The molecule has 1 fully saturated rings. The summed E-state index contributed by atoms with van der Waals surface area (Å²) in [5.41, 5.74) is 7.12. The minimum atomic E-state index is 0.0496. The third kappa shape index (κ3) is 4.51. The second-order valence-corrected chi connectivity index (χ2v) is 5.20. The van der Waals surface area contributed by atoms with Gasteiger partial charge in [0.15, 0.2) is 0 Å². The fraction of sp³-hybridized carbons (Fsp3) is 0.533. The fourth-order valence-electron chi connectivity index (χ4n) is 2.43. The van der Waals surface area contributed by atoms with E-state index in [1.54, 1.807) is 6.07 Å². The van der Waals surface area contributed by atoms with Crippen molar-refractivity contribution in [2.45, 2.75) is 13.3 Å². The van der Waals surface area contributed by atoms with Crippen LogP contribution in [0.15, 0.2) is 24.3 Å². The van der Waals surface area contributed by atoms with Gasteiger partial charge in [0.1, 0.15) is 0 Å². The molecule has 0 atom stereocenters. The van der Waals surface area contributed by atoms with Crippen LogP contribution in [-0.4, -0.2) is 55.0 Å². The lowest BCUT2D eigenvalue weighted by Gasteiger charge is -2.33. The zero-order valence-electron chi connectivity index (χ0n) is 12.1. The smallest absolute Gasteiger partial charge is 0.225 e. The number of nitrogen functional groups attached to an aromatic ring is 1. The lowest BCUT2D eigenvalue weighted by molar-refractivity contribution is -0.116. The van der Waals surface area contributed by atoms with E-state index in [1.165, 1.54) is 0 Å². The highest BCUT2D eigenvalue weighted by Crippen LogP contribution is 2.12. The van der Waals surface area contributed by atoms with E-state index < -0.39 is 0 Å². The predicted molar refractivity (Wildman–Crippen MR) is 82.7 cm³/mol. The maximum Gasteiger partial charge on any atom is 0.225 e. The number of amides is 1. The molecule has 1 aromatic carbocycles. The lowest BCUT2D eigenvalue weighted by atomic mass is 10.2. The molecule has 1 saturated heterocycles. The Morgan fingerprint density at radius 1 is 1.25 bits per heavy atom. The summed E-state index contributed by atoms with van der Waals surface area (Å²) in [5.74, 6) is 0.0496. The van der Waals surface area contributed by atoms with Crippen LogP contribution in [0.5, 0.6) is 0 Å². The molecule has 0 unspecified atom stereocenters. The molecule has 1 aliphatic heterocycles. The number of nitrogens with two attached hydrogens (primary N) is 1. The van der Waals surface area contributed by atoms with Crippen molar-refractivity contribution < 1.29 is 4.79 Å². The van der Waals surface area contributed by atoms with E-state index >= 15 is 0 Å². The van der Waals surface area contributed by atoms with Crippen LogP contribution in [0.2, 0.25) is 0 Å². The third-order valence-electron chi connectivity index (χ3n) is 3.74. The Bertz CT molecular complexity index is 441. The van der Waals surface area contributed by atoms with Crippen molar-refractivity contribution in [1.29, 1.82) is 0 Å². The van der Waals surface area contributed by atoms with Crippen molar-refractivity contribution in [3.8, 4) is 0 Å². The number of nitrogens with zero attached hydrogens (tertiary/aromatic N) is 2. The molecule has 20 heavy (non-hydrogen) atoms. The highest BCUT2D eigenvalue weighted by molar-refractivity contribution is 5.91. The average Bonchev–Trinajstić information content (AvgIpc) is 2.46. The van der Waals surface area contributed by atoms with Crippen LogP contribution in [-0.2, 0) is 4.79 Å². The number of benzene rings is 1. The third-order valence-corrected chi connectivity index (χ3v) is 3.74. The maximum absolute atomic E-state index is 11.9. The van der Waals surface area contributed by atoms with Gasteiger partial charge in [0, 0.05) is 50.5 Å². The van der Waals surface area contributed by atoms with Crippen LogP contribution >= 0.6 is 0 Å². The first-order valence-electron chi connectivity index (χ1n) is 7.27. The van der Waals surface area contributed by atoms with Gasteiger partial charge in [-0.15, -0.1) is 0 Å². The number of piperazine rings is 1. The summed E-state index contributed by atoms with van der Waals surface area (Å²) >= 11 is 0. The zero-order chi connectivity index (χ0) is 14.4. The van der Waals surface area contributed by atoms with E-state index in [0.29, 0.717) is 12.1 Å². The monoisotopic (exact) mass is 276 g/mol. The number of nitrogens with one attached hydrogen (secondary N) is 1. The van der Waals surface area contributed by atoms with E-state index in [4.69, 9.17) is 5.73 Å². The van der Waals surface area contributed by atoms with Crippen LogP contribution < -0.4 is 11.1 Å². The highest BCUT2D eigenvalue weighted by Gasteiger charge is 2.15. The van der Waals surface area contributed by atoms with Crippen molar-refractivity contribution in [3.05, 3.63) is 24.3 Å². The molecular formula is C15H24N4O. The normalized spacial score (nSPS) is 17.1. The number of hydrogen-bond donors (Lipinski definition) is 2. The molecule has 3 N–H and O–H groups in total. The van der Waals surface area contributed by atoms with Gasteiger partial charge in [0.05, 0.1) is 0 Å². The maximum atomic E-state index is 11.9. The van der Waals surface area contributed by atoms with Crippen LogP contribution in [0.1, 0.15) is 13.3 Å². The minimum Gasteiger partial charge on any atom is -0.399 e. The Balaban J connectivity index is 1.70. The van der Waals surface area contributed by atoms with E-state index in [1.807, 2.05) is 18.2 Å². The molecule has 1 heterocycles. The topological polar surface area (TPSA) is 61.6 Å². The summed E-state index contributed by atoms with van der Waals surface area (Å²) < 4.78 is 0. The molecule has 0 bridgehead atoms. The van der Waals surface area contributed by atoms with Gasteiger partial charge in [-0.25, -0.2) is 0 Å². The van der Waals surface area contributed by atoms with E-state index in [0.717, 1.165) is 45.0 Å². The van der Waals surface area contributed by atoms with Gasteiger partial charge in [-0.2, -0.15) is 0 Å². The van der Waals surface area contributed by atoms with E-state index in [2.05, 4.69) is 22.0 Å². The fourth-order valence-corrected chi connectivity index (χ4v) is 2.43. The molecule has 2 rings (SSSR count). The Hall–Kier alpha value is -1.59. The Kier molecular flexibility index (Phi) is 5.38. The standard InChI is InChI=1S/C15H24N4O/c1-2-18-8-10-19(11-9-18)7-6-15(20)17-14-5-3-4-13(16)12-14/h3-5,12H,2,6-11,16H2,1H3,(H,17,20). The summed E-state index contributed by atoms with van der Waals surface area (Å²) in [6.45, 7) is 8.45. The molecule has 0 saturated carbocycles. The van der Waals surface area contributed by atoms with Gasteiger partial charge in [0.2, 0.25) is 5.91 Å². The number of carbonyl (C=O) groups is 1. The van der Waals surface area contributed by atoms with Crippen LogP contribution in [0.4, 0.5) is 11.4 Å². The molecule has 1 aromatic rings. The molecule has 0 radical (unpaired) electrons. The SMILES string of the molecule is CCN1CCN(CCC(=O)Nc2cccc(N)c2)CC1. The Morgan fingerprint density at radius 2 is 1.95 bits per heavy atom. The van der Waals surface area contributed by atoms with E-state index in [9.17, 15) is 4.79 Å². The van der Waals surface area contributed by atoms with Gasteiger partial charge >= 0.3 is 0 Å². The quantitative estimate of drug-likeness (QED) is 0.794. The molecule has 0 aromatic heterocycles. The van der Waals surface area contributed by atoms with E-state index in [-0.39, 0.29) is 5.91 Å². The molecule has 0 aliphatic carbocycles. The Morgan fingerprint density at radius 3 is 2.60 bits per heavy atom. The van der Waals surface area contributed by atoms with Crippen LogP contribution in [0.3, 0.4) is 0 Å². The van der Waals surface area contributed by atoms with Crippen LogP contribution in [0.25, 0.3) is 0 Å². The molecule has 110 valence electrons. The van der Waals surface area contributed by atoms with Gasteiger partial charge in [-0.05, 0) is 24.7 Å². The van der Waals surface area contributed by atoms with Crippen molar-refractivity contribution in [2.75, 3.05) is 50.3 Å². The average molecular weight is 276 g/mol. The predicted octanol–water partition coefficient (Wildman–Crippen LogP) is 1.23. The molecule has 5 heteroatoms. The first-order chi connectivity index (χ1) is 9.67. The van der Waals surface area contributed by atoms with Crippen molar-refractivity contribution >= 4 is 17.3 Å². The molecule has 5 nitrogen and oxygen atoms in total. The largest absolute Gasteiger partial charge is 0.399 e. The van der Waals surface area contributed by atoms with Gasteiger partial charge in [-0.3, -0.25) is 4.79 Å². The summed E-state index contributed by atoms with van der Waals surface area (Å²) in [4.78, 5) is 16.7. The molecule has 1 amide bonds. The minimum absolute atomic E-state index is 0.0496. The second kappa shape index (κ2) is 7.26. The highest BCUT2D eigenvalue weighted by atomic mass is 16.1. The first-order valence-corrected chi connectivity index (χ1v) is 7.27. The zero-order valence-corrected chi connectivity index (χ0v) is 12.1.